The van der Waals surface area contributed by atoms with Gasteiger partial charge in [0.15, 0.2) is 6.61 Å². The number of para-hydroxylation sites is 1. The maximum absolute atomic E-state index is 11.9. The molecule has 138 valence electrons. The molecule has 0 aliphatic carbocycles. The first-order valence-electron chi connectivity index (χ1n) is 8.91. The molecular formula is C21H27N3O2. The van der Waals surface area contributed by atoms with E-state index in [9.17, 15) is 4.79 Å². The fourth-order valence-corrected chi connectivity index (χ4v) is 2.74. The van der Waals surface area contributed by atoms with Gasteiger partial charge >= 0.3 is 0 Å². The number of ether oxygens (including phenoxy) is 1. The molecule has 0 fully saturated rings. The van der Waals surface area contributed by atoms with Crippen molar-refractivity contribution in [3.8, 4) is 5.75 Å². The number of hydrogen-bond acceptors (Lipinski definition) is 4. The Balaban J connectivity index is 1.85. The van der Waals surface area contributed by atoms with Crippen LogP contribution in [0.3, 0.4) is 0 Å². The van der Waals surface area contributed by atoms with E-state index >= 15 is 0 Å². The Hall–Kier alpha value is -2.82. The molecule has 0 bridgehead atoms. The molecule has 0 heterocycles. The molecule has 0 aromatic heterocycles. The van der Waals surface area contributed by atoms with Gasteiger partial charge in [-0.1, -0.05) is 30.3 Å². The molecular weight excluding hydrogens is 326 g/mol. The van der Waals surface area contributed by atoms with Gasteiger partial charge in [0.25, 0.3) is 5.91 Å². The summed E-state index contributed by atoms with van der Waals surface area (Å²) < 4.78 is 5.61. The Morgan fingerprint density at radius 2 is 1.69 bits per heavy atom. The molecule has 1 N–H and O–H groups in total. The standard InChI is InChI=1S/C21H27N3O2/c1-5-24(6-2)19-12-10-18(11-13-19)14-22-23-20(25)15-26-21-16(3)8-7-9-17(21)4/h7-14H,5-6,15H2,1-4H3,(H,23,25). The number of nitrogens with one attached hydrogen (secondary N) is 1. The van der Waals surface area contributed by atoms with Gasteiger partial charge < -0.3 is 9.64 Å². The van der Waals surface area contributed by atoms with Crippen LogP contribution in [0.4, 0.5) is 5.69 Å². The highest BCUT2D eigenvalue weighted by Gasteiger charge is 2.06. The van der Waals surface area contributed by atoms with Crippen LogP contribution in [0.25, 0.3) is 0 Å². The number of carbonyl (C=O) groups is 1. The monoisotopic (exact) mass is 353 g/mol. The van der Waals surface area contributed by atoms with Crippen molar-refractivity contribution in [2.24, 2.45) is 5.10 Å². The van der Waals surface area contributed by atoms with Gasteiger partial charge in [-0.3, -0.25) is 4.79 Å². The molecule has 0 saturated heterocycles. The predicted molar refractivity (Wildman–Crippen MR) is 107 cm³/mol. The third-order valence-electron chi connectivity index (χ3n) is 4.18. The first-order chi connectivity index (χ1) is 12.5. The first kappa shape index (κ1) is 19.5. The van der Waals surface area contributed by atoms with Crippen molar-refractivity contribution in [2.45, 2.75) is 27.7 Å². The molecule has 5 heteroatoms. The molecule has 2 rings (SSSR count). The number of rotatable bonds is 8. The maximum Gasteiger partial charge on any atom is 0.277 e. The highest BCUT2D eigenvalue weighted by atomic mass is 16.5. The van der Waals surface area contributed by atoms with Gasteiger partial charge in [0, 0.05) is 18.8 Å². The molecule has 0 saturated carbocycles. The van der Waals surface area contributed by atoms with Gasteiger partial charge in [-0.25, -0.2) is 5.43 Å². The molecule has 2 aromatic rings. The molecule has 0 spiro atoms. The van der Waals surface area contributed by atoms with E-state index in [0.717, 1.165) is 35.5 Å². The summed E-state index contributed by atoms with van der Waals surface area (Å²) in [4.78, 5) is 14.2. The number of hydrazone groups is 1. The summed E-state index contributed by atoms with van der Waals surface area (Å²) in [6, 6.07) is 14.0. The van der Waals surface area contributed by atoms with Crippen molar-refractivity contribution in [3.63, 3.8) is 0 Å². The average molecular weight is 353 g/mol. The molecule has 0 unspecified atom stereocenters. The van der Waals surface area contributed by atoms with E-state index in [-0.39, 0.29) is 12.5 Å². The van der Waals surface area contributed by atoms with E-state index in [4.69, 9.17) is 4.74 Å². The van der Waals surface area contributed by atoms with Crippen LogP contribution < -0.4 is 15.1 Å². The predicted octanol–water partition coefficient (Wildman–Crippen LogP) is 3.68. The van der Waals surface area contributed by atoms with E-state index in [1.54, 1.807) is 6.21 Å². The Bertz CT molecular complexity index is 730. The minimum atomic E-state index is -0.288. The third kappa shape index (κ3) is 5.34. The van der Waals surface area contributed by atoms with Crippen molar-refractivity contribution >= 4 is 17.8 Å². The number of carbonyl (C=O) groups excluding carboxylic acids is 1. The Labute approximate surface area is 155 Å². The molecule has 26 heavy (non-hydrogen) atoms. The Kier molecular flexibility index (Phi) is 7.21. The van der Waals surface area contributed by atoms with E-state index in [0.29, 0.717) is 0 Å². The highest BCUT2D eigenvalue weighted by Crippen LogP contribution is 2.22. The van der Waals surface area contributed by atoms with Crippen molar-refractivity contribution in [1.29, 1.82) is 0 Å². The first-order valence-corrected chi connectivity index (χ1v) is 8.91. The highest BCUT2D eigenvalue weighted by molar-refractivity contribution is 5.83. The largest absolute Gasteiger partial charge is 0.483 e. The normalized spacial score (nSPS) is 10.8. The zero-order chi connectivity index (χ0) is 18.9. The van der Waals surface area contributed by atoms with Gasteiger partial charge in [0.05, 0.1) is 6.21 Å². The van der Waals surface area contributed by atoms with Crippen LogP contribution in [0.5, 0.6) is 5.75 Å². The number of benzene rings is 2. The lowest BCUT2D eigenvalue weighted by Crippen LogP contribution is -2.25. The summed E-state index contributed by atoms with van der Waals surface area (Å²) in [6.07, 6.45) is 1.63. The van der Waals surface area contributed by atoms with Crippen molar-refractivity contribution in [2.75, 3.05) is 24.6 Å². The van der Waals surface area contributed by atoms with Crippen LogP contribution >= 0.6 is 0 Å². The molecule has 5 nitrogen and oxygen atoms in total. The van der Waals surface area contributed by atoms with Gasteiger partial charge in [-0.15, -0.1) is 0 Å². The van der Waals surface area contributed by atoms with E-state index in [1.165, 1.54) is 5.69 Å². The summed E-state index contributed by atoms with van der Waals surface area (Å²) in [5, 5.41) is 4.00. The van der Waals surface area contributed by atoms with Crippen LogP contribution in [0.2, 0.25) is 0 Å². The minimum absolute atomic E-state index is 0.0655. The SMILES string of the molecule is CCN(CC)c1ccc(C=NNC(=O)COc2c(C)cccc2C)cc1. The molecule has 0 aliphatic heterocycles. The molecule has 0 radical (unpaired) electrons. The van der Waals surface area contributed by atoms with Crippen LogP contribution in [0.1, 0.15) is 30.5 Å². The molecule has 0 atom stereocenters. The second kappa shape index (κ2) is 9.61. The van der Waals surface area contributed by atoms with Crippen molar-refractivity contribution in [1.82, 2.24) is 5.43 Å². The van der Waals surface area contributed by atoms with Crippen molar-refractivity contribution < 1.29 is 9.53 Å². The van der Waals surface area contributed by atoms with Gasteiger partial charge in [0.1, 0.15) is 5.75 Å². The Morgan fingerprint density at radius 1 is 1.08 bits per heavy atom. The molecule has 0 aliphatic rings. The molecule has 1 amide bonds. The van der Waals surface area contributed by atoms with Gasteiger partial charge in [-0.05, 0) is 56.5 Å². The number of hydrogen-bond donors (Lipinski definition) is 1. The van der Waals surface area contributed by atoms with Gasteiger partial charge in [-0.2, -0.15) is 5.10 Å². The van der Waals surface area contributed by atoms with E-state index in [1.807, 2.05) is 44.2 Å². The van der Waals surface area contributed by atoms with Gasteiger partial charge in [0.2, 0.25) is 0 Å². The van der Waals surface area contributed by atoms with E-state index in [2.05, 4.69) is 41.4 Å². The lowest BCUT2D eigenvalue weighted by Gasteiger charge is -2.20. The number of aryl methyl sites for hydroxylation is 2. The lowest BCUT2D eigenvalue weighted by molar-refractivity contribution is -0.123. The summed E-state index contributed by atoms with van der Waals surface area (Å²) in [5.41, 5.74) is 6.62. The van der Waals surface area contributed by atoms with Crippen LogP contribution in [0, 0.1) is 13.8 Å². The van der Waals surface area contributed by atoms with Crippen LogP contribution in [0.15, 0.2) is 47.6 Å². The van der Waals surface area contributed by atoms with Crippen molar-refractivity contribution in [3.05, 3.63) is 59.2 Å². The zero-order valence-corrected chi connectivity index (χ0v) is 16.0. The van der Waals surface area contributed by atoms with Crippen LogP contribution in [-0.4, -0.2) is 31.8 Å². The topological polar surface area (TPSA) is 53.9 Å². The minimum Gasteiger partial charge on any atom is -0.483 e. The second-order valence-corrected chi connectivity index (χ2v) is 6.07. The quantitative estimate of drug-likeness (QED) is 0.582. The number of anilines is 1. The van der Waals surface area contributed by atoms with E-state index < -0.39 is 0 Å². The number of amides is 1. The number of nitrogens with zero attached hydrogens (tertiary/aromatic N) is 2. The average Bonchev–Trinajstić information content (AvgIpc) is 2.63. The lowest BCUT2D eigenvalue weighted by atomic mass is 10.1. The fraction of sp³-hybridized carbons (Fsp3) is 0.333. The maximum atomic E-state index is 11.9. The third-order valence-corrected chi connectivity index (χ3v) is 4.18. The summed E-state index contributed by atoms with van der Waals surface area (Å²) in [5.74, 6) is 0.460. The Morgan fingerprint density at radius 3 is 2.27 bits per heavy atom. The van der Waals surface area contributed by atoms with Crippen LogP contribution in [-0.2, 0) is 4.79 Å². The second-order valence-electron chi connectivity index (χ2n) is 6.07. The fourth-order valence-electron chi connectivity index (χ4n) is 2.74. The summed E-state index contributed by atoms with van der Waals surface area (Å²) >= 11 is 0. The zero-order valence-electron chi connectivity index (χ0n) is 16.0. The molecule has 2 aromatic carbocycles. The summed E-state index contributed by atoms with van der Waals surface area (Å²) in [6.45, 7) is 10.1. The smallest absolute Gasteiger partial charge is 0.277 e. The summed E-state index contributed by atoms with van der Waals surface area (Å²) in [7, 11) is 0.